The van der Waals surface area contributed by atoms with Crippen LogP contribution in [0.1, 0.15) is 36.5 Å². The number of nitrogens with two attached hydrogens (primary N) is 1. The summed E-state index contributed by atoms with van der Waals surface area (Å²) in [5, 5.41) is 49.1. The minimum atomic E-state index is -2.66. The maximum atomic E-state index is 14.1. The number of hydrogen-bond acceptors (Lipinski definition) is 10. The van der Waals surface area contributed by atoms with Crippen molar-refractivity contribution in [1.29, 1.82) is 0 Å². The quantitative estimate of drug-likeness (QED) is 0.277. The van der Waals surface area contributed by atoms with Crippen LogP contribution in [-0.4, -0.2) is 82.6 Å². The molecule has 5 rings (SSSR count). The third kappa shape index (κ3) is 4.14. The van der Waals surface area contributed by atoms with Crippen molar-refractivity contribution in [3.05, 3.63) is 63.1 Å². The molecule has 11 heteroatoms. The van der Waals surface area contributed by atoms with Gasteiger partial charge in [-0.1, -0.05) is 11.6 Å². The van der Waals surface area contributed by atoms with Crippen molar-refractivity contribution in [1.82, 2.24) is 10.2 Å². The summed E-state index contributed by atoms with van der Waals surface area (Å²) in [6.45, 7) is 2.26. The Bertz CT molecular complexity index is 1520. The number of aromatic hydroxyl groups is 1. The van der Waals surface area contributed by atoms with Crippen molar-refractivity contribution in [3.8, 4) is 5.75 Å². The van der Waals surface area contributed by atoms with E-state index < -0.39 is 58.0 Å². The molecule has 0 spiro atoms. The molecule has 1 saturated carbocycles. The van der Waals surface area contributed by atoms with Gasteiger partial charge in [-0.25, -0.2) is 0 Å². The molecule has 0 saturated heterocycles. The average molecular weight is 565 g/mol. The SMILES string of the molecule is CC1=CCC(NCc2cc(N(C)C)c3c(c2O)C(O)=C2C(=O)[C@]4(O)C(O)=C(C(N)=O)C(=O)[C@@H](N(C)C)[C@@H]4C[C@@H]2C3)=C1. The molecular weight excluding hydrogens is 528 g/mol. The summed E-state index contributed by atoms with van der Waals surface area (Å²) < 4.78 is 0. The summed E-state index contributed by atoms with van der Waals surface area (Å²) in [6.07, 6.45) is 5.11. The minimum Gasteiger partial charge on any atom is -0.508 e. The number of ketones is 2. The maximum absolute atomic E-state index is 14.1. The number of primary amides is 1. The van der Waals surface area contributed by atoms with Crippen LogP contribution in [-0.2, 0) is 27.3 Å². The van der Waals surface area contributed by atoms with Gasteiger partial charge in [0.15, 0.2) is 11.4 Å². The number of carbonyl (C=O) groups excluding carboxylic acids is 3. The van der Waals surface area contributed by atoms with Crippen LogP contribution in [0.3, 0.4) is 0 Å². The van der Waals surface area contributed by atoms with Crippen LogP contribution in [0.15, 0.2) is 46.4 Å². The van der Waals surface area contributed by atoms with E-state index in [4.69, 9.17) is 5.73 Å². The van der Waals surface area contributed by atoms with Gasteiger partial charge in [-0.3, -0.25) is 19.3 Å². The molecule has 4 aliphatic rings. The highest BCUT2D eigenvalue weighted by molar-refractivity contribution is 6.24. The van der Waals surface area contributed by atoms with E-state index >= 15 is 0 Å². The monoisotopic (exact) mass is 564 g/mol. The number of anilines is 1. The Balaban J connectivity index is 1.66. The topological polar surface area (TPSA) is 177 Å². The summed E-state index contributed by atoms with van der Waals surface area (Å²) >= 11 is 0. The van der Waals surface area contributed by atoms with Crippen LogP contribution in [0.2, 0.25) is 0 Å². The number of aliphatic hydroxyl groups is 3. The van der Waals surface area contributed by atoms with Crippen molar-refractivity contribution >= 4 is 28.9 Å². The van der Waals surface area contributed by atoms with E-state index in [0.29, 0.717) is 11.1 Å². The largest absolute Gasteiger partial charge is 0.508 e. The van der Waals surface area contributed by atoms with Gasteiger partial charge in [-0.2, -0.15) is 0 Å². The summed E-state index contributed by atoms with van der Waals surface area (Å²) in [7, 11) is 6.83. The van der Waals surface area contributed by atoms with Gasteiger partial charge in [0.1, 0.15) is 22.8 Å². The highest BCUT2D eigenvalue weighted by Gasteiger charge is 2.64. The van der Waals surface area contributed by atoms with Crippen LogP contribution < -0.4 is 16.0 Å². The number of rotatable bonds is 6. The second-order valence-corrected chi connectivity index (χ2v) is 11.8. The first-order chi connectivity index (χ1) is 19.2. The maximum Gasteiger partial charge on any atom is 0.255 e. The van der Waals surface area contributed by atoms with E-state index in [9.17, 15) is 34.8 Å². The van der Waals surface area contributed by atoms with Crippen molar-refractivity contribution in [3.63, 3.8) is 0 Å². The number of nitrogens with one attached hydrogen (secondary N) is 1. The molecule has 1 fully saturated rings. The molecule has 11 nitrogen and oxygen atoms in total. The van der Waals surface area contributed by atoms with Crippen LogP contribution in [0.4, 0.5) is 5.69 Å². The first-order valence-electron chi connectivity index (χ1n) is 13.5. The molecule has 0 heterocycles. The first kappa shape index (κ1) is 28.4. The number of likely N-dealkylation sites (N-methyl/N-ethyl adjacent to an activating group) is 1. The first-order valence-corrected chi connectivity index (χ1v) is 13.5. The number of aliphatic hydroxyl groups excluding tert-OH is 2. The fourth-order valence-electron chi connectivity index (χ4n) is 6.88. The molecule has 4 atom stereocenters. The smallest absolute Gasteiger partial charge is 0.255 e. The highest BCUT2D eigenvalue weighted by Crippen LogP contribution is 2.54. The summed E-state index contributed by atoms with van der Waals surface area (Å²) in [5.41, 5.74) is 5.80. The Morgan fingerprint density at radius 3 is 2.41 bits per heavy atom. The number of carbonyl (C=O) groups is 3. The standard InChI is InChI=1S/C30H36N4O7/c1-13-6-7-16(8-13)32-12-15-11-19(33(2)3)17-9-14-10-18-23(34(4)5)26(37)22(29(31)40)28(39)30(18,41)27(38)20(14)25(36)21(17)24(15)35/h6,8,11,14,18,23,32,35-36,39,41H,7,9-10,12H2,1-5H3,(H2,31,40)/t14-,18-,23-,30-/m0/s1. The van der Waals surface area contributed by atoms with Crippen molar-refractivity contribution in [2.45, 2.75) is 44.4 Å². The lowest BCUT2D eigenvalue weighted by molar-refractivity contribution is -0.153. The van der Waals surface area contributed by atoms with Gasteiger partial charge in [0.2, 0.25) is 5.78 Å². The summed E-state index contributed by atoms with van der Waals surface area (Å²) in [4.78, 5) is 42.8. The lowest BCUT2D eigenvalue weighted by Crippen LogP contribution is -2.65. The Morgan fingerprint density at radius 1 is 1.17 bits per heavy atom. The summed E-state index contributed by atoms with van der Waals surface area (Å²) in [5.74, 6) is -6.60. The predicted octanol–water partition coefficient (Wildman–Crippen LogP) is 1.35. The zero-order chi connectivity index (χ0) is 30.1. The molecule has 218 valence electrons. The molecule has 0 aromatic heterocycles. The molecule has 1 amide bonds. The van der Waals surface area contributed by atoms with Gasteiger partial charge < -0.3 is 36.4 Å². The van der Waals surface area contributed by atoms with Gasteiger partial charge in [-0.05, 0) is 57.5 Å². The summed E-state index contributed by atoms with van der Waals surface area (Å²) in [6, 6.07) is 0.724. The number of nitrogens with zero attached hydrogens (tertiary/aromatic N) is 2. The van der Waals surface area contributed by atoms with E-state index in [-0.39, 0.29) is 36.3 Å². The Hall–Kier alpha value is -4.09. The molecule has 0 bridgehead atoms. The number of hydrogen-bond donors (Lipinski definition) is 6. The van der Waals surface area contributed by atoms with Crippen molar-refractivity contribution in [2.75, 3.05) is 33.1 Å². The molecule has 7 N–H and O–H groups in total. The third-order valence-corrected chi connectivity index (χ3v) is 8.81. The Kier molecular flexibility index (Phi) is 6.78. The molecule has 1 aromatic carbocycles. The second kappa shape index (κ2) is 9.78. The van der Waals surface area contributed by atoms with Crippen LogP contribution in [0.25, 0.3) is 5.76 Å². The average Bonchev–Trinajstić information content (AvgIpc) is 3.30. The van der Waals surface area contributed by atoms with Gasteiger partial charge in [0.25, 0.3) is 5.91 Å². The van der Waals surface area contributed by atoms with E-state index in [1.165, 1.54) is 4.90 Å². The molecule has 0 radical (unpaired) electrons. The Labute approximate surface area is 237 Å². The van der Waals surface area contributed by atoms with Crippen LogP contribution in [0.5, 0.6) is 5.75 Å². The Morgan fingerprint density at radius 2 is 1.85 bits per heavy atom. The number of allylic oxidation sites excluding steroid dienone is 3. The van der Waals surface area contributed by atoms with Gasteiger partial charge in [0, 0.05) is 55.5 Å². The highest BCUT2D eigenvalue weighted by atomic mass is 16.3. The zero-order valence-electron chi connectivity index (χ0n) is 23.8. The molecular formula is C30H36N4O7. The van der Waals surface area contributed by atoms with Crippen LogP contribution in [0, 0.1) is 11.8 Å². The molecule has 4 aliphatic carbocycles. The third-order valence-electron chi connectivity index (χ3n) is 8.81. The lowest BCUT2D eigenvalue weighted by Gasteiger charge is -2.50. The molecule has 41 heavy (non-hydrogen) atoms. The van der Waals surface area contributed by atoms with Crippen LogP contribution >= 0.6 is 0 Å². The number of phenolic OH excluding ortho intramolecular Hbond substituents is 1. The van der Waals surface area contributed by atoms with Crippen molar-refractivity contribution < 1.29 is 34.8 Å². The molecule has 0 aliphatic heterocycles. The molecule has 0 unspecified atom stereocenters. The van der Waals surface area contributed by atoms with E-state index in [0.717, 1.165) is 23.4 Å². The van der Waals surface area contributed by atoms with E-state index in [2.05, 4.69) is 11.4 Å². The number of fused-ring (bicyclic) bond motifs is 3. The second-order valence-electron chi connectivity index (χ2n) is 11.8. The van der Waals surface area contributed by atoms with E-state index in [1.807, 2.05) is 38.1 Å². The lowest BCUT2D eigenvalue weighted by atomic mass is 9.57. The predicted molar refractivity (Wildman–Crippen MR) is 152 cm³/mol. The molecule has 1 aromatic rings. The number of Topliss-reactive ketones (excluding diaryl/α,β-unsaturated/α-hetero) is 2. The van der Waals surface area contributed by atoms with Gasteiger partial charge in [-0.15, -0.1) is 0 Å². The number of amides is 1. The normalized spacial score (nSPS) is 27.3. The van der Waals surface area contributed by atoms with E-state index in [1.54, 1.807) is 14.1 Å². The van der Waals surface area contributed by atoms with Crippen molar-refractivity contribution in [2.24, 2.45) is 17.6 Å². The minimum absolute atomic E-state index is 0.0448. The number of phenols is 1. The fraction of sp³-hybridized carbons (Fsp3) is 0.433. The van der Waals surface area contributed by atoms with Gasteiger partial charge >= 0.3 is 0 Å². The number of benzene rings is 1. The fourth-order valence-corrected chi connectivity index (χ4v) is 6.88. The van der Waals surface area contributed by atoms with Gasteiger partial charge in [0.05, 0.1) is 11.6 Å². The zero-order valence-corrected chi connectivity index (χ0v) is 23.8.